The second kappa shape index (κ2) is 7.60. The van der Waals surface area contributed by atoms with Crippen LogP contribution in [-0.2, 0) is 0 Å². The summed E-state index contributed by atoms with van der Waals surface area (Å²) in [6, 6.07) is 13.9. The van der Waals surface area contributed by atoms with Gasteiger partial charge in [-0.15, -0.1) is 0 Å². The minimum atomic E-state index is 0.0362. The van der Waals surface area contributed by atoms with E-state index in [1.165, 1.54) is 25.9 Å². The Hall–Kier alpha value is -1.87. The lowest BCUT2D eigenvalue weighted by Gasteiger charge is -2.30. The molecule has 0 aromatic heterocycles. The highest BCUT2D eigenvalue weighted by atomic mass is 16.1. The van der Waals surface area contributed by atoms with Crippen molar-refractivity contribution in [2.24, 2.45) is 5.92 Å². The first kappa shape index (κ1) is 16.0. The standard InChI is InChI=1S/C20H26N2O/c1-16-10-14-22(15-11-16)13-5-12-21-20(23)19-9-4-7-17-6-2-3-8-18(17)19/h2-4,6-9,16H,5,10-15H2,1H3,(H,21,23). The maximum absolute atomic E-state index is 12.4. The van der Waals surface area contributed by atoms with Crippen molar-refractivity contribution >= 4 is 16.7 Å². The Morgan fingerprint density at radius 2 is 1.87 bits per heavy atom. The summed E-state index contributed by atoms with van der Waals surface area (Å²) in [6.45, 7) is 6.58. The van der Waals surface area contributed by atoms with Crippen LogP contribution < -0.4 is 5.32 Å². The SMILES string of the molecule is CC1CCN(CCCNC(=O)c2cccc3ccccc23)CC1. The van der Waals surface area contributed by atoms with E-state index in [1.807, 2.05) is 42.5 Å². The van der Waals surface area contributed by atoms with Crippen molar-refractivity contribution in [1.29, 1.82) is 0 Å². The Bertz CT molecular complexity index is 654. The summed E-state index contributed by atoms with van der Waals surface area (Å²) in [5, 5.41) is 5.21. The number of rotatable bonds is 5. The molecular weight excluding hydrogens is 284 g/mol. The Morgan fingerprint density at radius 1 is 1.13 bits per heavy atom. The molecule has 2 aromatic rings. The molecule has 3 nitrogen and oxygen atoms in total. The fraction of sp³-hybridized carbons (Fsp3) is 0.450. The number of hydrogen-bond acceptors (Lipinski definition) is 2. The van der Waals surface area contributed by atoms with Crippen molar-refractivity contribution < 1.29 is 4.79 Å². The lowest BCUT2D eigenvalue weighted by atomic mass is 9.99. The van der Waals surface area contributed by atoms with Gasteiger partial charge < -0.3 is 10.2 Å². The minimum Gasteiger partial charge on any atom is -0.352 e. The predicted molar refractivity (Wildman–Crippen MR) is 95.7 cm³/mol. The molecule has 1 N–H and O–H groups in total. The molecule has 0 spiro atoms. The number of carbonyl (C=O) groups excluding carboxylic acids is 1. The molecule has 0 bridgehead atoms. The van der Waals surface area contributed by atoms with Crippen molar-refractivity contribution in [3.05, 3.63) is 48.0 Å². The number of fused-ring (bicyclic) bond motifs is 1. The molecule has 0 saturated carbocycles. The summed E-state index contributed by atoms with van der Waals surface area (Å²) >= 11 is 0. The molecule has 3 heteroatoms. The molecule has 1 amide bonds. The monoisotopic (exact) mass is 310 g/mol. The van der Waals surface area contributed by atoms with E-state index in [1.54, 1.807) is 0 Å². The number of carbonyl (C=O) groups is 1. The number of amides is 1. The first-order valence-electron chi connectivity index (χ1n) is 8.72. The lowest BCUT2D eigenvalue weighted by molar-refractivity contribution is 0.0952. The van der Waals surface area contributed by atoms with Crippen LogP contribution in [0.3, 0.4) is 0 Å². The van der Waals surface area contributed by atoms with Crippen molar-refractivity contribution in [2.45, 2.75) is 26.2 Å². The summed E-state index contributed by atoms with van der Waals surface area (Å²) in [4.78, 5) is 14.9. The van der Waals surface area contributed by atoms with Crippen LogP contribution in [0.5, 0.6) is 0 Å². The number of hydrogen-bond donors (Lipinski definition) is 1. The average Bonchev–Trinajstić information content (AvgIpc) is 2.59. The smallest absolute Gasteiger partial charge is 0.251 e. The second-order valence-electron chi connectivity index (χ2n) is 6.66. The lowest BCUT2D eigenvalue weighted by Crippen LogP contribution is -2.35. The zero-order chi connectivity index (χ0) is 16.1. The number of likely N-dealkylation sites (tertiary alicyclic amines) is 1. The van der Waals surface area contributed by atoms with Gasteiger partial charge in [0.1, 0.15) is 0 Å². The molecule has 1 fully saturated rings. The van der Waals surface area contributed by atoms with Gasteiger partial charge in [-0.1, -0.05) is 43.3 Å². The Labute approximate surface area is 138 Å². The molecule has 122 valence electrons. The van der Waals surface area contributed by atoms with Gasteiger partial charge in [0.25, 0.3) is 5.91 Å². The van der Waals surface area contributed by atoms with Gasteiger partial charge >= 0.3 is 0 Å². The van der Waals surface area contributed by atoms with Crippen LogP contribution in [-0.4, -0.2) is 37.0 Å². The third-order valence-electron chi connectivity index (χ3n) is 4.85. The molecule has 2 aromatic carbocycles. The maximum Gasteiger partial charge on any atom is 0.251 e. The average molecular weight is 310 g/mol. The summed E-state index contributed by atoms with van der Waals surface area (Å²) in [6.07, 6.45) is 3.63. The molecule has 1 saturated heterocycles. The summed E-state index contributed by atoms with van der Waals surface area (Å²) < 4.78 is 0. The normalized spacial score (nSPS) is 16.6. The van der Waals surface area contributed by atoms with Gasteiger partial charge in [-0.3, -0.25) is 4.79 Å². The highest BCUT2D eigenvalue weighted by molar-refractivity contribution is 6.06. The Balaban J connectivity index is 1.49. The number of nitrogens with one attached hydrogen (secondary N) is 1. The molecular formula is C20H26N2O. The fourth-order valence-corrected chi connectivity index (χ4v) is 3.31. The van der Waals surface area contributed by atoms with Crippen molar-refractivity contribution in [3.8, 4) is 0 Å². The van der Waals surface area contributed by atoms with Crippen LogP contribution in [0.2, 0.25) is 0 Å². The molecule has 3 rings (SSSR count). The van der Waals surface area contributed by atoms with Crippen LogP contribution in [0.15, 0.2) is 42.5 Å². The van der Waals surface area contributed by atoms with Gasteiger partial charge in [0, 0.05) is 12.1 Å². The van der Waals surface area contributed by atoms with E-state index in [-0.39, 0.29) is 5.91 Å². The number of nitrogens with zero attached hydrogens (tertiary/aromatic N) is 1. The maximum atomic E-state index is 12.4. The van der Waals surface area contributed by atoms with Gasteiger partial charge in [0.05, 0.1) is 0 Å². The first-order chi connectivity index (χ1) is 11.2. The van der Waals surface area contributed by atoms with E-state index in [0.29, 0.717) is 0 Å². The van der Waals surface area contributed by atoms with E-state index in [9.17, 15) is 4.79 Å². The van der Waals surface area contributed by atoms with E-state index in [0.717, 1.165) is 41.8 Å². The van der Waals surface area contributed by atoms with E-state index >= 15 is 0 Å². The molecule has 1 aliphatic heterocycles. The topological polar surface area (TPSA) is 32.3 Å². The molecule has 1 aliphatic rings. The third-order valence-corrected chi connectivity index (χ3v) is 4.85. The van der Waals surface area contributed by atoms with E-state index in [2.05, 4.69) is 17.1 Å². The zero-order valence-electron chi connectivity index (χ0n) is 13.9. The molecule has 0 unspecified atom stereocenters. The van der Waals surface area contributed by atoms with Crippen LogP contribution in [0.25, 0.3) is 10.8 Å². The highest BCUT2D eigenvalue weighted by Gasteiger charge is 2.15. The van der Waals surface area contributed by atoms with Gasteiger partial charge in [-0.2, -0.15) is 0 Å². The molecule has 23 heavy (non-hydrogen) atoms. The Morgan fingerprint density at radius 3 is 2.70 bits per heavy atom. The van der Waals surface area contributed by atoms with Crippen molar-refractivity contribution in [1.82, 2.24) is 10.2 Å². The minimum absolute atomic E-state index is 0.0362. The van der Waals surface area contributed by atoms with Gasteiger partial charge in [-0.05, 0) is 61.7 Å². The quantitative estimate of drug-likeness (QED) is 0.854. The van der Waals surface area contributed by atoms with E-state index < -0.39 is 0 Å². The second-order valence-corrected chi connectivity index (χ2v) is 6.66. The van der Waals surface area contributed by atoms with Gasteiger partial charge in [-0.25, -0.2) is 0 Å². The van der Waals surface area contributed by atoms with E-state index in [4.69, 9.17) is 0 Å². The molecule has 1 heterocycles. The largest absolute Gasteiger partial charge is 0.352 e. The zero-order valence-corrected chi connectivity index (χ0v) is 13.9. The first-order valence-corrected chi connectivity index (χ1v) is 8.72. The molecule has 0 aliphatic carbocycles. The summed E-state index contributed by atoms with van der Waals surface area (Å²) in [5.74, 6) is 0.909. The van der Waals surface area contributed by atoms with Crippen LogP contribution in [0.4, 0.5) is 0 Å². The number of piperidine rings is 1. The van der Waals surface area contributed by atoms with Crippen LogP contribution in [0.1, 0.15) is 36.5 Å². The summed E-state index contributed by atoms with van der Waals surface area (Å²) in [5.41, 5.74) is 0.773. The molecule has 0 atom stereocenters. The fourth-order valence-electron chi connectivity index (χ4n) is 3.31. The van der Waals surface area contributed by atoms with Gasteiger partial charge in [0.2, 0.25) is 0 Å². The van der Waals surface area contributed by atoms with Gasteiger partial charge in [0.15, 0.2) is 0 Å². The van der Waals surface area contributed by atoms with Crippen LogP contribution in [0, 0.1) is 5.92 Å². The van der Waals surface area contributed by atoms with Crippen molar-refractivity contribution in [3.63, 3.8) is 0 Å². The highest BCUT2D eigenvalue weighted by Crippen LogP contribution is 2.18. The predicted octanol–water partition coefficient (Wildman–Crippen LogP) is 3.69. The molecule has 0 radical (unpaired) electrons. The van der Waals surface area contributed by atoms with Crippen LogP contribution >= 0.6 is 0 Å². The van der Waals surface area contributed by atoms with Crippen molar-refractivity contribution in [2.75, 3.05) is 26.2 Å². The third kappa shape index (κ3) is 4.11. The summed E-state index contributed by atoms with van der Waals surface area (Å²) in [7, 11) is 0. The Kier molecular flexibility index (Phi) is 5.29. The number of benzene rings is 2.